The van der Waals surface area contributed by atoms with Gasteiger partial charge in [-0.05, 0) is 37.6 Å². The predicted octanol–water partition coefficient (Wildman–Crippen LogP) is 3.19. The first-order valence-corrected chi connectivity index (χ1v) is 7.11. The van der Waals surface area contributed by atoms with Crippen molar-refractivity contribution in [2.45, 2.75) is 19.9 Å². The molecule has 2 aromatic rings. The summed E-state index contributed by atoms with van der Waals surface area (Å²) < 4.78 is 0. The highest BCUT2D eigenvalue weighted by molar-refractivity contribution is 5.96. The fourth-order valence-corrected chi connectivity index (χ4v) is 2.16. The highest BCUT2D eigenvalue weighted by atomic mass is 16.1. The van der Waals surface area contributed by atoms with Gasteiger partial charge in [0.1, 0.15) is 0 Å². The Morgan fingerprint density at radius 3 is 2.52 bits per heavy atom. The second-order valence-corrected chi connectivity index (χ2v) is 4.94. The summed E-state index contributed by atoms with van der Waals surface area (Å²) in [4.78, 5) is 11.8. The van der Waals surface area contributed by atoms with Gasteiger partial charge in [0.05, 0.1) is 11.4 Å². The topological polar surface area (TPSA) is 67.2 Å². The Hall–Kier alpha value is -2.49. The van der Waals surface area contributed by atoms with Crippen LogP contribution in [0, 0.1) is 0 Å². The normalized spacial score (nSPS) is 11.7. The standard InChI is InChI=1S/C17H21N3O/c1-3-19-17(21)14-9-10-16(15(18)11-14)20-12(2)13-7-5-4-6-8-13/h4-12,20H,3,18H2,1-2H3,(H,19,21). The largest absolute Gasteiger partial charge is 0.397 e. The summed E-state index contributed by atoms with van der Waals surface area (Å²) in [6.07, 6.45) is 0. The van der Waals surface area contributed by atoms with Gasteiger partial charge in [-0.3, -0.25) is 4.79 Å². The minimum Gasteiger partial charge on any atom is -0.397 e. The number of carbonyl (C=O) groups is 1. The highest BCUT2D eigenvalue weighted by Crippen LogP contribution is 2.25. The van der Waals surface area contributed by atoms with Crippen LogP contribution in [-0.2, 0) is 0 Å². The van der Waals surface area contributed by atoms with Crippen LogP contribution in [0.3, 0.4) is 0 Å². The van der Waals surface area contributed by atoms with Crippen LogP contribution in [0.25, 0.3) is 0 Å². The predicted molar refractivity (Wildman–Crippen MR) is 87.3 cm³/mol. The van der Waals surface area contributed by atoms with Crippen LogP contribution in [0.15, 0.2) is 48.5 Å². The molecule has 0 saturated heterocycles. The lowest BCUT2D eigenvalue weighted by Crippen LogP contribution is -2.22. The number of hydrogen-bond donors (Lipinski definition) is 3. The van der Waals surface area contributed by atoms with Gasteiger partial charge in [-0.2, -0.15) is 0 Å². The van der Waals surface area contributed by atoms with Crippen LogP contribution < -0.4 is 16.4 Å². The molecule has 2 rings (SSSR count). The fourth-order valence-electron chi connectivity index (χ4n) is 2.16. The van der Waals surface area contributed by atoms with Crippen LogP contribution >= 0.6 is 0 Å². The number of nitrogens with one attached hydrogen (secondary N) is 2. The van der Waals surface area contributed by atoms with Crippen LogP contribution in [0.5, 0.6) is 0 Å². The maximum absolute atomic E-state index is 11.8. The smallest absolute Gasteiger partial charge is 0.251 e. The first-order chi connectivity index (χ1) is 10.1. The van der Waals surface area contributed by atoms with E-state index in [9.17, 15) is 4.79 Å². The molecule has 0 radical (unpaired) electrons. The maximum Gasteiger partial charge on any atom is 0.251 e. The van der Waals surface area contributed by atoms with Gasteiger partial charge in [0.15, 0.2) is 0 Å². The minimum absolute atomic E-state index is 0.105. The molecule has 0 fully saturated rings. The van der Waals surface area contributed by atoms with Crippen LogP contribution in [0.1, 0.15) is 35.8 Å². The van der Waals surface area contributed by atoms with E-state index in [2.05, 4.69) is 29.7 Å². The van der Waals surface area contributed by atoms with E-state index in [1.54, 1.807) is 12.1 Å². The Morgan fingerprint density at radius 2 is 1.90 bits per heavy atom. The molecule has 21 heavy (non-hydrogen) atoms. The quantitative estimate of drug-likeness (QED) is 0.738. The van der Waals surface area contributed by atoms with E-state index in [0.717, 1.165) is 5.69 Å². The van der Waals surface area contributed by atoms with Crippen LogP contribution in [0.4, 0.5) is 11.4 Å². The van der Waals surface area contributed by atoms with Gasteiger partial charge in [-0.15, -0.1) is 0 Å². The molecule has 0 aromatic heterocycles. The Kier molecular flexibility index (Phi) is 4.82. The Balaban J connectivity index is 2.13. The summed E-state index contributed by atoms with van der Waals surface area (Å²) in [5.74, 6) is -0.105. The molecular formula is C17H21N3O. The number of hydrogen-bond acceptors (Lipinski definition) is 3. The second kappa shape index (κ2) is 6.79. The van der Waals surface area contributed by atoms with Crippen LogP contribution in [-0.4, -0.2) is 12.5 Å². The fraction of sp³-hybridized carbons (Fsp3) is 0.235. The molecule has 0 aliphatic carbocycles. The van der Waals surface area contributed by atoms with Crippen molar-refractivity contribution in [3.63, 3.8) is 0 Å². The van der Waals surface area contributed by atoms with Crippen molar-refractivity contribution < 1.29 is 4.79 Å². The number of carbonyl (C=O) groups excluding carboxylic acids is 1. The van der Waals surface area contributed by atoms with E-state index in [1.165, 1.54) is 5.56 Å². The molecule has 0 bridgehead atoms. The summed E-state index contributed by atoms with van der Waals surface area (Å²) >= 11 is 0. The summed E-state index contributed by atoms with van der Waals surface area (Å²) in [6.45, 7) is 4.56. The van der Waals surface area contributed by atoms with Crippen molar-refractivity contribution in [3.8, 4) is 0 Å². The SMILES string of the molecule is CCNC(=O)c1ccc(NC(C)c2ccccc2)c(N)c1. The van der Waals surface area contributed by atoms with Gasteiger partial charge in [0.25, 0.3) is 5.91 Å². The van der Waals surface area contributed by atoms with Gasteiger partial charge in [-0.25, -0.2) is 0 Å². The van der Waals surface area contributed by atoms with Gasteiger partial charge in [-0.1, -0.05) is 30.3 Å². The zero-order valence-corrected chi connectivity index (χ0v) is 12.4. The van der Waals surface area contributed by atoms with Crippen molar-refractivity contribution in [2.24, 2.45) is 0 Å². The third kappa shape index (κ3) is 3.75. The van der Waals surface area contributed by atoms with E-state index in [0.29, 0.717) is 17.8 Å². The van der Waals surface area contributed by atoms with E-state index in [1.807, 2.05) is 31.2 Å². The number of nitrogen functional groups attached to an aromatic ring is 1. The van der Waals surface area contributed by atoms with Crippen molar-refractivity contribution in [1.82, 2.24) is 5.32 Å². The summed E-state index contributed by atoms with van der Waals surface area (Å²) in [6, 6.07) is 15.6. The molecule has 110 valence electrons. The van der Waals surface area contributed by atoms with E-state index >= 15 is 0 Å². The number of rotatable bonds is 5. The van der Waals surface area contributed by atoms with Crippen molar-refractivity contribution in [1.29, 1.82) is 0 Å². The summed E-state index contributed by atoms with van der Waals surface area (Å²) in [5.41, 5.74) is 9.20. The highest BCUT2D eigenvalue weighted by Gasteiger charge is 2.10. The first kappa shape index (κ1) is 14.9. The van der Waals surface area contributed by atoms with Crippen molar-refractivity contribution >= 4 is 17.3 Å². The maximum atomic E-state index is 11.8. The zero-order valence-electron chi connectivity index (χ0n) is 12.4. The zero-order chi connectivity index (χ0) is 15.2. The Bertz CT molecular complexity index is 611. The van der Waals surface area contributed by atoms with Crippen molar-refractivity contribution in [3.05, 3.63) is 59.7 Å². The summed E-state index contributed by atoms with van der Waals surface area (Å²) in [5, 5.41) is 6.13. The molecule has 0 heterocycles. The molecule has 0 aliphatic rings. The molecule has 0 saturated carbocycles. The molecular weight excluding hydrogens is 262 g/mol. The lowest BCUT2D eigenvalue weighted by atomic mass is 10.1. The molecule has 0 aliphatic heterocycles. The number of anilines is 2. The van der Waals surface area contributed by atoms with Gasteiger partial charge in [0.2, 0.25) is 0 Å². The number of nitrogens with two attached hydrogens (primary N) is 1. The summed E-state index contributed by atoms with van der Waals surface area (Å²) in [7, 11) is 0. The average molecular weight is 283 g/mol. The average Bonchev–Trinajstić information content (AvgIpc) is 2.50. The Labute approximate surface area is 125 Å². The van der Waals surface area contributed by atoms with Crippen LogP contribution in [0.2, 0.25) is 0 Å². The van der Waals surface area contributed by atoms with Gasteiger partial charge < -0.3 is 16.4 Å². The molecule has 1 amide bonds. The first-order valence-electron chi connectivity index (χ1n) is 7.11. The molecule has 4 N–H and O–H groups in total. The molecule has 4 heteroatoms. The third-order valence-electron chi connectivity index (χ3n) is 3.32. The minimum atomic E-state index is -0.105. The van der Waals surface area contributed by atoms with E-state index in [-0.39, 0.29) is 11.9 Å². The van der Waals surface area contributed by atoms with Gasteiger partial charge >= 0.3 is 0 Å². The van der Waals surface area contributed by atoms with Crippen molar-refractivity contribution in [2.75, 3.05) is 17.6 Å². The molecule has 1 atom stereocenters. The number of amides is 1. The second-order valence-electron chi connectivity index (χ2n) is 4.94. The molecule has 0 spiro atoms. The van der Waals surface area contributed by atoms with E-state index in [4.69, 9.17) is 5.73 Å². The lowest BCUT2D eigenvalue weighted by molar-refractivity contribution is 0.0956. The van der Waals surface area contributed by atoms with Gasteiger partial charge in [0, 0.05) is 18.2 Å². The monoisotopic (exact) mass is 283 g/mol. The Morgan fingerprint density at radius 1 is 1.19 bits per heavy atom. The number of benzene rings is 2. The molecule has 1 unspecified atom stereocenters. The third-order valence-corrected chi connectivity index (χ3v) is 3.32. The molecule has 4 nitrogen and oxygen atoms in total. The molecule has 2 aromatic carbocycles. The van der Waals surface area contributed by atoms with E-state index < -0.39 is 0 Å². The lowest BCUT2D eigenvalue weighted by Gasteiger charge is -2.17.